The first-order chi connectivity index (χ1) is 12.4. The molecule has 144 valence electrons. The molecule has 3 aliphatic heterocycles. The lowest BCUT2D eigenvalue weighted by molar-refractivity contribution is 0.199. The van der Waals surface area contributed by atoms with Crippen molar-refractivity contribution < 1.29 is 9.53 Å². The van der Waals surface area contributed by atoms with Crippen molar-refractivity contribution in [3.05, 3.63) is 11.8 Å². The molecule has 2 amide bonds. The number of amides is 2. The Morgan fingerprint density at radius 2 is 2.31 bits per heavy atom. The van der Waals surface area contributed by atoms with E-state index in [0.717, 1.165) is 37.4 Å². The third-order valence-electron chi connectivity index (χ3n) is 5.23. The van der Waals surface area contributed by atoms with Gasteiger partial charge in [0.05, 0.1) is 19.4 Å². The lowest BCUT2D eigenvalue weighted by Gasteiger charge is -2.39. The summed E-state index contributed by atoms with van der Waals surface area (Å²) in [5.74, 6) is 1.32. The maximum atomic E-state index is 12.6. The largest absolute Gasteiger partial charge is 0.495 e. The topological polar surface area (TPSA) is 87.1 Å². The minimum Gasteiger partial charge on any atom is -0.495 e. The van der Waals surface area contributed by atoms with E-state index in [1.807, 2.05) is 13.8 Å². The number of nitrogens with zero attached hydrogens (tertiary/aromatic N) is 2. The molecule has 3 N–H and O–H groups in total. The molecule has 8 heteroatoms. The highest BCUT2D eigenvalue weighted by atomic mass is 32.2. The standard InChI is InChI=1S/C18H29N5O2S/c1-11-7-13(25-4)9-20-16(11)14-10-19-6-5-15(14)21-17(24)22-18(3)8-12(2)23-26-18/h7,9,11,14-16,19H,5-6,8,10H2,1-4H3,(H2,21,22,24)/t11?,14-,15-,16?,18?/m1/s1. The number of carbonyl (C=O) groups excluding carboxylic acids is 1. The zero-order valence-electron chi connectivity index (χ0n) is 15.9. The number of aliphatic imine (C=N–C) groups is 1. The SMILES string of the molecule is COC1=CC(C)C([C@@H]2CNCC[C@H]2NC(=O)NC2(C)CC(C)=NS2)N=C1. The molecule has 0 aliphatic carbocycles. The van der Waals surface area contributed by atoms with Crippen molar-refractivity contribution >= 4 is 29.9 Å². The van der Waals surface area contributed by atoms with E-state index in [1.165, 1.54) is 11.9 Å². The summed E-state index contributed by atoms with van der Waals surface area (Å²) in [6.45, 7) is 7.91. The Kier molecular flexibility index (Phi) is 5.92. The highest BCUT2D eigenvalue weighted by molar-refractivity contribution is 7.99. The van der Waals surface area contributed by atoms with Gasteiger partial charge < -0.3 is 20.7 Å². The monoisotopic (exact) mass is 379 g/mol. The fourth-order valence-electron chi connectivity index (χ4n) is 3.98. The predicted molar refractivity (Wildman–Crippen MR) is 107 cm³/mol. The second kappa shape index (κ2) is 8.00. The number of hydrogen-bond donors (Lipinski definition) is 3. The minimum atomic E-state index is -0.358. The Labute approximate surface area is 159 Å². The number of ether oxygens (including phenoxy) is 1. The van der Waals surface area contributed by atoms with E-state index in [9.17, 15) is 4.79 Å². The Morgan fingerprint density at radius 1 is 1.50 bits per heavy atom. The summed E-state index contributed by atoms with van der Waals surface area (Å²) in [6.07, 6.45) is 5.58. The van der Waals surface area contributed by atoms with Crippen LogP contribution in [-0.4, -0.2) is 55.1 Å². The van der Waals surface area contributed by atoms with E-state index < -0.39 is 0 Å². The number of methoxy groups -OCH3 is 1. The summed E-state index contributed by atoms with van der Waals surface area (Å²) >= 11 is 1.43. The molecular formula is C18H29N5O2S. The maximum Gasteiger partial charge on any atom is 0.316 e. The number of urea groups is 1. The van der Waals surface area contributed by atoms with Crippen LogP contribution in [-0.2, 0) is 4.74 Å². The van der Waals surface area contributed by atoms with E-state index in [-0.39, 0.29) is 34.8 Å². The van der Waals surface area contributed by atoms with Crippen molar-refractivity contribution in [3.63, 3.8) is 0 Å². The van der Waals surface area contributed by atoms with Gasteiger partial charge in [-0.15, -0.1) is 0 Å². The van der Waals surface area contributed by atoms with E-state index in [0.29, 0.717) is 0 Å². The van der Waals surface area contributed by atoms with E-state index in [1.54, 1.807) is 13.3 Å². The molecule has 5 atom stereocenters. The quantitative estimate of drug-likeness (QED) is 0.653. The number of rotatable bonds is 4. The van der Waals surface area contributed by atoms with Crippen LogP contribution in [0.4, 0.5) is 4.79 Å². The van der Waals surface area contributed by atoms with Crippen LogP contribution >= 0.6 is 11.9 Å². The highest BCUT2D eigenvalue weighted by Crippen LogP contribution is 2.34. The molecule has 3 aliphatic rings. The van der Waals surface area contributed by atoms with Crippen molar-refractivity contribution in [2.45, 2.75) is 50.6 Å². The molecule has 0 bridgehead atoms. The summed E-state index contributed by atoms with van der Waals surface area (Å²) < 4.78 is 9.63. The van der Waals surface area contributed by atoms with Gasteiger partial charge in [0.2, 0.25) is 0 Å². The molecule has 0 spiro atoms. The number of piperidine rings is 1. The van der Waals surface area contributed by atoms with Crippen LogP contribution in [0.25, 0.3) is 0 Å². The van der Waals surface area contributed by atoms with Gasteiger partial charge in [-0.3, -0.25) is 4.99 Å². The second-order valence-corrected chi connectivity index (χ2v) is 8.85. The average molecular weight is 380 g/mol. The van der Waals surface area contributed by atoms with Crippen LogP contribution in [0.15, 0.2) is 21.2 Å². The van der Waals surface area contributed by atoms with E-state index >= 15 is 0 Å². The average Bonchev–Trinajstić information content (AvgIpc) is 2.93. The number of nitrogens with one attached hydrogen (secondary N) is 3. The van der Waals surface area contributed by atoms with Gasteiger partial charge in [0, 0.05) is 48.5 Å². The zero-order valence-corrected chi connectivity index (χ0v) is 16.7. The fraction of sp³-hybridized carbons (Fsp3) is 0.722. The van der Waals surface area contributed by atoms with Crippen LogP contribution < -0.4 is 16.0 Å². The van der Waals surface area contributed by atoms with Gasteiger partial charge in [-0.05, 0) is 32.9 Å². The highest BCUT2D eigenvalue weighted by Gasteiger charge is 2.38. The van der Waals surface area contributed by atoms with Gasteiger partial charge in [0.25, 0.3) is 0 Å². The van der Waals surface area contributed by atoms with Crippen molar-refractivity contribution in [1.29, 1.82) is 0 Å². The molecular weight excluding hydrogens is 350 g/mol. The molecule has 1 fully saturated rings. The van der Waals surface area contributed by atoms with Crippen LogP contribution in [0.3, 0.4) is 0 Å². The first kappa shape index (κ1) is 19.2. The molecule has 3 heterocycles. The minimum absolute atomic E-state index is 0.0929. The summed E-state index contributed by atoms with van der Waals surface area (Å²) in [6, 6.07) is 0.103. The van der Waals surface area contributed by atoms with Crippen molar-refractivity contribution in [1.82, 2.24) is 16.0 Å². The van der Waals surface area contributed by atoms with Gasteiger partial charge in [-0.1, -0.05) is 6.92 Å². The third-order valence-corrected chi connectivity index (χ3v) is 6.29. The van der Waals surface area contributed by atoms with Crippen molar-refractivity contribution in [2.24, 2.45) is 21.2 Å². The number of allylic oxidation sites excluding steroid dienone is 1. The molecule has 3 rings (SSSR count). The molecule has 0 aromatic carbocycles. The second-order valence-electron chi connectivity index (χ2n) is 7.59. The Balaban J connectivity index is 1.62. The lowest BCUT2D eigenvalue weighted by Crippen LogP contribution is -2.58. The van der Waals surface area contributed by atoms with E-state index in [4.69, 9.17) is 9.73 Å². The molecule has 0 aromatic heterocycles. The van der Waals surface area contributed by atoms with Gasteiger partial charge in [0.1, 0.15) is 10.6 Å². The Morgan fingerprint density at radius 3 is 2.96 bits per heavy atom. The van der Waals surface area contributed by atoms with Gasteiger partial charge >= 0.3 is 6.03 Å². The number of dihydropyridines is 1. The van der Waals surface area contributed by atoms with E-state index in [2.05, 4.69) is 33.3 Å². The van der Waals surface area contributed by atoms with Gasteiger partial charge in [0.15, 0.2) is 0 Å². The lowest BCUT2D eigenvalue weighted by atomic mass is 9.80. The van der Waals surface area contributed by atoms with Crippen LogP contribution in [0, 0.1) is 11.8 Å². The number of hydrogen-bond acceptors (Lipinski definition) is 6. The Hall–Kier alpha value is -1.54. The van der Waals surface area contributed by atoms with Crippen LogP contribution in [0.5, 0.6) is 0 Å². The van der Waals surface area contributed by atoms with Gasteiger partial charge in [-0.2, -0.15) is 0 Å². The first-order valence-electron chi connectivity index (χ1n) is 9.20. The third kappa shape index (κ3) is 4.40. The molecule has 3 unspecified atom stereocenters. The van der Waals surface area contributed by atoms with Gasteiger partial charge in [-0.25, -0.2) is 9.19 Å². The summed E-state index contributed by atoms with van der Waals surface area (Å²) in [5, 5.41) is 9.74. The van der Waals surface area contributed by atoms with Crippen molar-refractivity contribution in [3.8, 4) is 0 Å². The molecule has 0 aromatic rings. The number of carbonyl (C=O) groups is 1. The molecule has 0 saturated carbocycles. The van der Waals surface area contributed by atoms with Crippen molar-refractivity contribution in [2.75, 3.05) is 20.2 Å². The summed E-state index contributed by atoms with van der Waals surface area (Å²) in [5.41, 5.74) is 1.06. The summed E-state index contributed by atoms with van der Waals surface area (Å²) in [4.78, 5) is 17.0. The van der Waals surface area contributed by atoms with Crippen LogP contribution in [0.2, 0.25) is 0 Å². The normalized spacial score (nSPS) is 36.9. The smallest absolute Gasteiger partial charge is 0.316 e. The molecule has 1 saturated heterocycles. The first-order valence-corrected chi connectivity index (χ1v) is 9.97. The molecule has 26 heavy (non-hydrogen) atoms. The van der Waals surface area contributed by atoms with Crippen LogP contribution in [0.1, 0.15) is 33.6 Å². The zero-order chi connectivity index (χ0) is 18.7. The predicted octanol–water partition coefficient (Wildman–Crippen LogP) is 2.11. The summed E-state index contributed by atoms with van der Waals surface area (Å²) in [7, 11) is 1.66. The fourth-order valence-corrected chi connectivity index (χ4v) is 4.81. The maximum absolute atomic E-state index is 12.6. The Bertz CT molecular complexity index is 635. The molecule has 0 radical (unpaired) electrons. The molecule has 7 nitrogen and oxygen atoms in total.